The predicted molar refractivity (Wildman–Crippen MR) is 98.6 cm³/mol. The number of hydrogen-bond acceptors (Lipinski definition) is 6. The van der Waals surface area contributed by atoms with Crippen LogP contribution in [0.25, 0.3) is 22.7 Å². The third-order valence-electron chi connectivity index (χ3n) is 3.55. The highest BCUT2D eigenvalue weighted by Crippen LogP contribution is 2.37. The Morgan fingerprint density at radius 2 is 2.19 bits per heavy atom. The first-order chi connectivity index (χ1) is 13.0. The molecule has 1 aromatic heterocycles. The van der Waals surface area contributed by atoms with E-state index in [2.05, 4.69) is 11.1 Å². The van der Waals surface area contributed by atoms with Crippen LogP contribution in [0.4, 0.5) is 0 Å². The van der Waals surface area contributed by atoms with Crippen molar-refractivity contribution in [2.45, 2.75) is 0 Å². The van der Waals surface area contributed by atoms with Crippen LogP contribution in [-0.4, -0.2) is 29.8 Å². The number of carboxylic acids is 1. The van der Waals surface area contributed by atoms with Crippen molar-refractivity contribution in [1.82, 2.24) is 4.98 Å². The van der Waals surface area contributed by atoms with Crippen LogP contribution in [0.2, 0.25) is 5.02 Å². The minimum atomic E-state index is -1.14. The maximum atomic E-state index is 10.7. The highest BCUT2D eigenvalue weighted by Gasteiger charge is 2.15. The molecule has 0 fully saturated rings. The van der Waals surface area contributed by atoms with Crippen molar-refractivity contribution in [2.75, 3.05) is 13.7 Å². The second kappa shape index (κ2) is 7.81. The van der Waals surface area contributed by atoms with Gasteiger partial charge in [0.2, 0.25) is 5.89 Å². The molecule has 136 valence electrons. The monoisotopic (exact) mass is 384 g/mol. The third kappa shape index (κ3) is 4.02. The Kier molecular flexibility index (Phi) is 5.29. The normalized spacial score (nSPS) is 11.2. The zero-order valence-electron chi connectivity index (χ0n) is 14.1. The van der Waals surface area contributed by atoms with E-state index < -0.39 is 12.6 Å². The Labute approximate surface area is 159 Å². The van der Waals surface area contributed by atoms with Gasteiger partial charge in [-0.2, -0.15) is 5.26 Å². The summed E-state index contributed by atoms with van der Waals surface area (Å²) in [5.41, 5.74) is 1.95. The first-order valence-electron chi connectivity index (χ1n) is 7.71. The molecule has 3 rings (SSSR count). The molecule has 0 radical (unpaired) electrons. The smallest absolute Gasteiger partial charge is 0.341 e. The van der Waals surface area contributed by atoms with Crippen molar-refractivity contribution < 1.29 is 23.8 Å². The van der Waals surface area contributed by atoms with Crippen molar-refractivity contribution >= 4 is 40.3 Å². The summed E-state index contributed by atoms with van der Waals surface area (Å²) in [6, 6.07) is 12.3. The van der Waals surface area contributed by atoms with Gasteiger partial charge in [-0.3, -0.25) is 0 Å². The predicted octanol–water partition coefficient (Wildman–Crippen LogP) is 4.02. The SMILES string of the molecule is COc1cc(/C=C(\C#N)c2nc3ccccc3o2)cc(Cl)c1OCC(=O)O. The second-order valence-corrected chi connectivity index (χ2v) is 5.78. The number of carbonyl (C=O) groups is 1. The van der Waals surface area contributed by atoms with E-state index in [9.17, 15) is 10.1 Å². The van der Waals surface area contributed by atoms with Crippen LogP contribution in [-0.2, 0) is 4.79 Å². The maximum Gasteiger partial charge on any atom is 0.341 e. The number of para-hydroxylation sites is 2. The molecule has 0 saturated carbocycles. The summed E-state index contributed by atoms with van der Waals surface area (Å²) in [5, 5.41) is 18.4. The molecule has 8 heteroatoms. The number of nitrogens with zero attached hydrogens (tertiary/aromatic N) is 2. The lowest BCUT2D eigenvalue weighted by Gasteiger charge is -2.12. The van der Waals surface area contributed by atoms with Crippen molar-refractivity contribution in [3.8, 4) is 17.6 Å². The first kappa shape index (κ1) is 18.3. The van der Waals surface area contributed by atoms with Gasteiger partial charge < -0.3 is 19.0 Å². The summed E-state index contributed by atoms with van der Waals surface area (Å²) in [5.74, 6) is -0.608. The van der Waals surface area contributed by atoms with E-state index in [4.69, 9.17) is 30.6 Å². The maximum absolute atomic E-state index is 10.7. The lowest BCUT2D eigenvalue weighted by molar-refractivity contribution is -0.139. The molecular weight excluding hydrogens is 372 g/mol. The van der Waals surface area contributed by atoms with Gasteiger partial charge in [0.25, 0.3) is 0 Å². The lowest BCUT2D eigenvalue weighted by Crippen LogP contribution is -2.10. The molecule has 2 aromatic carbocycles. The van der Waals surface area contributed by atoms with Crippen LogP contribution < -0.4 is 9.47 Å². The zero-order chi connectivity index (χ0) is 19.4. The fraction of sp³-hybridized carbons (Fsp3) is 0.105. The van der Waals surface area contributed by atoms with Gasteiger partial charge in [0.05, 0.1) is 12.1 Å². The highest BCUT2D eigenvalue weighted by atomic mass is 35.5. The molecule has 3 aromatic rings. The van der Waals surface area contributed by atoms with Gasteiger partial charge in [-0.15, -0.1) is 0 Å². The van der Waals surface area contributed by atoms with Crippen molar-refractivity contribution in [3.05, 3.63) is 52.9 Å². The average molecular weight is 385 g/mol. The molecule has 0 amide bonds. The average Bonchev–Trinajstić information content (AvgIpc) is 3.08. The summed E-state index contributed by atoms with van der Waals surface area (Å²) < 4.78 is 16.0. The largest absolute Gasteiger partial charge is 0.493 e. The summed E-state index contributed by atoms with van der Waals surface area (Å²) >= 11 is 6.18. The van der Waals surface area contributed by atoms with Crippen LogP contribution in [0.15, 0.2) is 40.8 Å². The van der Waals surface area contributed by atoms with Gasteiger partial charge in [0, 0.05) is 0 Å². The number of allylic oxidation sites excluding steroid dienone is 1. The Balaban J connectivity index is 2.00. The first-order valence-corrected chi connectivity index (χ1v) is 8.09. The van der Waals surface area contributed by atoms with Gasteiger partial charge in [-0.25, -0.2) is 9.78 Å². The van der Waals surface area contributed by atoms with Crippen LogP contribution in [0.3, 0.4) is 0 Å². The number of aromatic nitrogens is 1. The molecule has 1 N–H and O–H groups in total. The number of halogens is 1. The Bertz CT molecular complexity index is 1050. The Hall–Kier alpha value is -3.50. The standard InChI is InChI=1S/C19H13ClN2O5/c1-25-16-8-11(7-13(20)18(16)26-10-17(23)24)6-12(9-21)19-22-14-4-2-3-5-15(14)27-19/h2-8H,10H2,1H3,(H,23,24)/b12-6+. The summed E-state index contributed by atoms with van der Waals surface area (Å²) in [6.45, 7) is -0.558. The van der Waals surface area contributed by atoms with Crippen molar-refractivity contribution in [2.24, 2.45) is 0 Å². The summed E-state index contributed by atoms with van der Waals surface area (Å²) in [6.07, 6.45) is 1.54. The number of hydrogen-bond donors (Lipinski definition) is 1. The van der Waals surface area contributed by atoms with E-state index in [1.807, 2.05) is 12.1 Å². The molecule has 0 bridgehead atoms. The van der Waals surface area contributed by atoms with E-state index in [0.717, 1.165) is 0 Å². The minimum absolute atomic E-state index is 0.110. The number of rotatable bonds is 6. The van der Waals surface area contributed by atoms with Gasteiger partial charge in [0.15, 0.2) is 23.7 Å². The molecule has 27 heavy (non-hydrogen) atoms. The van der Waals surface area contributed by atoms with E-state index in [-0.39, 0.29) is 28.0 Å². The van der Waals surface area contributed by atoms with Crippen LogP contribution in [0.5, 0.6) is 11.5 Å². The molecule has 0 aliphatic rings. The molecule has 0 atom stereocenters. The molecule has 0 unspecified atom stereocenters. The van der Waals surface area contributed by atoms with Gasteiger partial charge in [0.1, 0.15) is 17.2 Å². The topological polar surface area (TPSA) is 106 Å². The number of ether oxygens (including phenoxy) is 2. The summed E-state index contributed by atoms with van der Waals surface area (Å²) in [4.78, 5) is 15.0. The number of nitriles is 1. The molecule has 0 saturated heterocycles. The third-order valence-corrected chi connectivity index (χ3v) is 3.83. The van der Waals surface area contributed by atoms with Gasteiger partial charge in [-0.1, -0.05) is 23.7 Å². The van der Waals surface area contributed by atoms with E-state index in [1.165, 1.54) is 13.2 Å². The molecule has 0 spiro atoms. The van der Waals surface area contributed by atoms with E-state index in [1.54, 1.807) is 24.3 Å². The van der Waals surface area contributed by atoms with Crippen LogP contribution in [0, 0.1) is 11.3 Å². The summed E-state index contributed by atoms with van der Waals surface area (Å²) in [7, 11) is 1.40. The van der Waals surface area contributed by atoms with Crippen LogP contribution >= 0.6 is 11.6 Å². The van der Waals surface area contributed by atoms with E-state index >= 15 is 0 Å². The minimum Gasteiger partial charge on any atom is -0.493 e. The number of benzene rings is 2. The number of aliphatic carboxylic acids is 1. The fourth-order valence-corrected chi connectivity index (χ4v) is 2.67. The lowest BCUT2D eigenvalue weighted by atomic mass is 10.1. The number of methoxy groups -OCH3 is 1. The second-order valence-electron chi connectivity index (χ2n) is 5.37. The Morgan fingerprint density at radius 1 is 1.41 bits per heavy atom. The molecule has 1 heterocycles. The van der Waals surface area contributed by atoms with Gasteiger partial charge in [-0.05, 0) is 35.9 Å². The van der Waals surface area contributed by atoms with Crippen LogP contribution in [0.1, 0.15) is 11.5 Å². The zero-order valence-corrected chi connectivity index (χ0v) is 14.9. The fourth-order valence-electron chi connectivity index (χ4n) is 2.39. The van der Waals surface area contributed by atoms with Crippen molar-refractivity contribution in [3.63, 3.8) is 0 Å². The van der Waals surface area contributed by atoms with Gasteiger partial charge >= 0.3 is 5.97 Å². The van der Waals surface area contributed by atoms with Crippen molar-refractivity contribution in [1.29, 1.82) is 5.26 Å². The highest BCUT2D eigenvalue weighted by molar-refractivity contribution is 6.32. The molecule has 7 nitrogen and oxygen atoms in total. The Morgan fingerprint density at radius 3 is 2.85 bits per heavy atom. The number of fused-ring (bicyclic) bond motifs is 1. The molecular formula is C19H13ClN2O5. The number of oxazole rings is 1. The quantitative estimate of drug-likeness (QED) is 0.640. The molecule has 0 aliphatic carbocycles. The molecule has 0 aliphatic heterocycles. The van der Waals surface area contributed by atoms with E-state index in [0.29, 0.717) is 16.7 Å². The number of carboxylic acid groups (broad SMARTS) is 1.